The summed E-state index contributed by atoms with van der Waals surface area (Å²) in [5.41, 5.74) is 0. The topological polar surface area (TPSA) is 24.1 Å². The zero-order valence-electron chi connectivity index (χ0n) is 8.60. The van der Waals surface area contributed by atoms with Crippen LogP contribution in [0.4, 0.5) is 0 Å². The van der Waals surface area contributed by atoms with Crippen LogP contribution in [0, 0.1) is 11.8 Å². The highest BCUT2D eigenvalue weighted by Gasteiger charge is 2.38. The first-order chi connectivity index (χ1) is 6.21. The van der Waals surface area contributed by atoms with Crippen LogP contribution in [0.2, 0.25) is 0 Å². The van der Waals surface area contributed by atoms with E-state index in [9.17, 15) is 0 Å². The highest BCUT2D eigenvalue weighted by molar-refractivity contribution is 8.00. The molecule has 3 atom stereocenters. The van der Waals surface area contributed by atoms with Gasteiger partial charge in [-0.3, -0.25) is 0 Å². The molecule has 0 spiro atoms. The quantitative estimate of drug-likeness (QED) is 0.667. The van der Waals surface area contributed by atoms with Crippen LogP contribution >= 0.6 is 11.8 Å². The zero-order valence-corrected chi connectivity index (χ0v) is 9.41. The van der Waals surface area contributed by atoms with Crippen molar-refractivity contribution in [1.29, 1.82) is 0 Å². The minimum absolute atomic E-state index is 0.343. The first-order valence-corrected chi connectivity index (χ1v) is 6.29. The monoisotopic (exact) mass is 200 g/mol. The Balaban J connectivity index is 1.95. The van der Waals surface area contributed by atoms with E-state index in [0.29, 0.717) is 4.87 Å². The van der Waals surface area contributed by atoms with Crippen molar-refractivity contribution in [2.75, 3.05) is 25.4 Å². The number of thioether (sulfide) groups is 1. The van der Waals surface area contributed by atoms with Crippen molar-refractivity contribution in [1.82, 2.24) is 10.6 Å². The lowest BCUT2D eigenvalue weighted by atomic mass is 9.99. The molecule has 0 aromatic carbocycles. The van der Waals surface area contributed by atoms with Crippen LogP contribution < -0.4 is 10.6 Å². The predicted molar refractivity (Wildman–Crippen MR) is 59.0 cm³/mol. The van der Waals surface area contributed by atoms with Gasteiger partial charge in [-0.2, -0.15) is 0 Å². The maximum atomic E-state index is 3.71. The summed E-state index contributed by atoms with van der Waals surface area (Å²) in [4.78, 5) is 0.343. The normalized spacial score (nSPS) is 46.6. The molecule has 2 aliphatic heterocycles. The summed E-state index contributed by atoms with van der Waals surface area (Å²) in [7, 11) is 0. The maximum Gasteiger partial charge on any atom is 0.0658 e. The van der Waals surface area contributed by atoms with Gasteiger partial charge < -0.3 is 10.6 Å². The van der Waals surface area contributed by atoms with Crippen molar-refractivity contribution in [2.24, 2.45) is 11.8 Å². The average Bonchev–Trinajstić information content (AvgIpc) is 2.63. The highest BCUT2D eigenvalue weighted by Crippen LogP contribution is 2.37. The average molecular weight is 200 g/mol. The van der Waals surface area contributed by atoms with E-state index in [1.807, 2.05) is 0 Å². The number of hydrogen-bond donors (Lipinski definition) is 2. The molecule has 2 aliphatic rings. The van der Waals surface area contributed by atoms with Gasteiger partial charge in [0, 0.05) is 6.54 Å². The van der Waals surface area contributed by atoms with Gasteiger partial charge in [0.05, 0.1) is 4.87 Å². The van der Waals surface area contributed by atoms with Crippen molar-refractivity contribution in [3.63, 3.8) is 0 Å². The number of hydrogen-bond acceptors (Lipinski definition) is 3. The summed E-state index contributed by atoms with van der Waals surface area (Å²) in [6.07, 6.45) is 1.34. The van der Waals surface area contributed by atoms with Crippen LogP contribution in [0.1, 0.15) is 20.3 Å². The van der Waals surface area contributed by atoms with E-state index in [2.05, 4.69) is 36.2 Å². The first-order valence-electron chi connectivity index (χ1n) is 5.30. The third kappa shape index (κ3) is 2.03. The SMILES string of the molecule is CC1CNC(C)(C2CCNC2)SC1. The maximum absolute atomic E-state index is 3.71. The molecule has 2 N–H and O–H groups in total. The molecule has 2 heterocycles. The van der Waals surface area contributed by atoms with Crippen LogP contribution in [0.3, 0.4) is 0 Å². The van der Waals surface area contributed by atoms with Gasteiger partial charge in [0.15, 0.2) is 0 Å². The van der Waals surface area contributed by atoms with Gasteiger partial charge in [-0.15, -0.1) is 11.8 Å². The lowest BCUT2D eigenvalue weighted by molar-refractivity contribution is 0.330. The van der Waals surface area contributed by atoms with Crippen LogP contribution in [-0.2, 0) is 0 Å². The Hall–Kier alpha value is 0.270. The van der Waals surface area contributed by atoms with E-state index in [4.69, 9.17) is 0 Å². The van der Waals surface area contributed by atoms with Gasteiger partial charge in [-0.1, -0.05) is 6.92 Å². The van der Waals surface area contributed by atoms with Gasteiger partial charge in [0.2, 0.25) is 0 Å². The van der Waals surface area contributed by atoms with Crippen LogP contribution in [0.15, 0.2) is 0 Å². The van der Waals surface area contributed by atoms with Crippen molar-refractivity contribution in [3.8, 4) is 0 Å². The Morgan fingerprint density at radius 1 is 1.38 bits per heavy atom. The molecule has 2 fully saturated rings. The van der Waals surface area contributed by atoms with E-state index >= 15 is 0 Å². The zero-order chi connectivity index (χ0) is 9.31. The van der Waals surface area contributed by atoms with E-state index < -0.39 is 0 Å². The lowest BCUT2D eigenvalue weighted by Crippen LogP contribution is -2.52. The summed E-state index contributed by atoms with van der Waals surface area (Å²) in [6, 6.07) is 0. The minimum atomic E-state index is 0.343. The fourth-order valence-corrected chi connectivity index (χ4v) is 3.56. The summed E-state index contributed by atoms with van der Waals surface area (Å²) in [6.45, 7) is 8.30. The summed E-state index contributed by atoms with van der Waals surface area (Å²) >= 11 is 2.12. The molecule has 0 saturated carbocycles. The molecule has 2 rings (SSSR count). The van der Waals surface area contributed by atoms with Crippen LogP contribution in [-0.4, -0.2) is 30.3 Å². The van der Waals surface area contributed by atoms with Gasteiger partial charge >= 0.3 is 0 Å². The van der Waals surface area contributed by atoms with Crippen molar-refractivity contribution in [2.45, 2.75) is 25.1 Å². The fraction of sp³-hybridized carbons (Fsp3) is 1.00. The molecular weight excluding hydrogens is 180 g/mol. The summed E-state index contributed by atoms with van der Waals surface area (Å²) < 4.78 is 0. The van der Waals surface area contributed by atoms with Crippen molar-refractivity contribution >= 4 is 11.8 Å². The van der Waals surface area contributed by atoms with Gasteiger partial charge in [-0.05, 0) is 44.0 Å². The standard InChI is InChI=1S/C10H20N2S/c1-8-5-12-10(2,13-7-8)9-3-4-11-6-9/h8-9,11-12H,3-7H2,1-2H3. The second kappa shape index (κ2) is 3.79. The van der Waals surface area contributed by atoms with Gasteiger partial charge in [-0.25, -0.2) is 0 Å². The molecular formula is C10H20N2S. The first kappa shape index (κ1) is 9.81. The minimum Gasteiger partial charge on any atom is -0.316 e. The van der Waals surface area contributed by atoms with Crippen molar-refractivity contribution < 1.29 is 0 Å². The Morgan fingerprint density at radius 3 is 2.77 bits per heavy atom. The van der Waals surface area contributed by atoms with E-state index in [-0.39, 0.29) is 0 Å². The molecule has 13 heavy (non-hydrogen) atoms. The fourth-order valence-electron chi connectivity index (χ4n) is 2.19. The van der Waals surface area contributed by atoms with Gasteiger partial charge in [0.25, 0.3) is 0 Å². The largest absolute Gasteiger partial charge is 0.316 e. The van der Waals surface area contributed by atoms with Crippen LogP contribution in [0.5, 0.6) is 0 Å². The Kier molecular flexibility index (Phi) is 2.86. The molecule has 3 heteroatoms. The molecule has 3 unspecified atom stereocenters. The van der Waals surface area contributed by atoms with E-state index in [1.165, 1.54) is 31.8 Å². The lowest BCUT2D eigenvalue weighted by Gasteiger charge is -2.41. The number of rotatable bonds is 1. The highest BCUT2D eigenvalue weighted by atomic mass is 32.2. The molecule has 0 radical (unpaired) electrons. The molecule has 0 amide bonds. The second-order valence-corrected chi connectivity index (χ2v) is 6.06. The third-order valence-electron chi connectivity index (χ3n) is 3.31. The number of nitrogens with one attached hydrogen (secondary N) is 2. The third-order valence-corrected chi connectivity index (χ3v) is 5.12. The summed E-state index contributed by atoms with van der Waals surface area (Å²) in [5, 5.41) is 7.16. The molecule has 0 aliphatic carbocycles. The molecule has 0 aromatic heterocycles. The predicted octanol–water partition coefficient (Wildman–Crippen LogP) is 1.28. The van der Waals surface area contributed by atoms with E-state index in [0.717, 1.165) is 11.8 Å². The summed E-state index contributed by atoms with van der Waals surface area (Å²) in [5.74, 6) is 2.98. The van der Waals surface area contributed by atoms with Gasteiger partial charge in [0.1, 0.15) is 0 Å². The van der Waals surface area contributed by atoms with Crippen molar-refractivity contribution in [3.05, 3.63) is 0 Å². The van der Waals surface area contributed by atoms with E-state index in [1.54, 1.807) is 0 Å². The molecule has 2 saturated heterocycles. The Labute approximate surface area is 85.2 Å². The Morgan fingerprint density at radius 2 is 2.23 bits per heavy atom. The van der Waals surface area contributed by atoms with Crippen LogP contribution in [0.25, 0.3) is 0 Å². The second-order valence-electron chi connectivity index (χ2n) is 4.59. The Bertz CT molecular complexity index is 170. The molecule has 0 aromatic rings. The molecule has 0 bridgehead atoms. The molecule has 76 valence electrons. The smallest absolute Gasteiger partial charge is 0.0658 e. The molecule has 2 nitrogen and oxygen atoms in total.